The summed E-state index contributed by atoms with van der Waals surface area (Å²) in [5.41, 5.74) is 0.0816. The molecule has 1 aliphatic rings. The van der Waals surface area contributed by atoms with E-state index in [2.05, 4.69) is 32.9 Å². The van der Waals surface area contributed by atoms with Crippen molar-refractivity contribution in [2.24, 2.45) is 0 Å². The van der Waals surface area contributed by atoms with Crippen molar-refractivity contribution in [3.8, 4) is 0 Å². The highest BCUT2D eigenvalue weighted by Gasteiger charge is 2.28. The van der Waals surface area contributed by atoms with Crippen molar-refractivity contribution in [2.45, 2.75) is 30.1 Å². The zero-order chi connectivity index (χ0) is 11.3. The van der Waals surface area contributed by atoms with E-state index in [0.29, 0.717) is 6.54 Å². The molecule has 1 saturated heterocycles. The topological polar surface area (TPSA) is 47.6 Å². The van der Waals surface area contributed by atoms with E-state index in [-0.39, 0.29) is 16.3 Å². The van der Waals surface area contributed by atoms with Crippen molar-refractivity contribution < 1.29 is 14.3 Å². The van der Waals surface area contributed by atoms with Crippen LogP contribution >= 0.6 is 15.9 Å². The Bertz CT molecular complexity index is 217. The van der Waals surface area contributed by atoms with Gasteiger partial charge in [0.05, 0.1) is 7.11 Å². The molecule has 15 heavy (non-hydrogen) atoms. The molecule has 88 valence electrons. The largest absolute Gasteiger partial charge is 0.468 e. The lowest BCUT2D eigenvalue weighted by atomic mass is 9.92. The highest BCUT2D eigenvalue weighted by atomic mass is 79.9. The van der Waals surface area contributed by atoms with Gasteiger partial charge < -0.3 is 14.8 Å². The van der Waals surface area contributed by atoms with Gasteiger partial charge in [-0.05, 0) is 19.8 Å². The summed E-state index contributed by atoms with van der Waals surface area (Å²) in [6.45, 7) is 4.32. The van der Waals surface area contributed by atoms with Crippen LogP contribution in [0, 0.1) is 0 Å². The van der Waals surface area contributed by atoms with Crippen molar-refractivity contribution in [1.82, 2.24) is 5.32 Å². The Hall–Kier alpha value is -0.130. The van der Waals surface area contributed by atoms with Crippen LogP contribution in [-0.2, 0) is 14.3 Å². The maximum absolute atomic E-state index is 11.2. The normalized spacial score (nSPS) is 22.1. The predicted octanol–water partition coefficient (Wildman–Crippen LogP) is 1.08. The van der Waals surface area contributed by atoms with E-state index in [1.807, 2.05) is 0 Å². The number of rotatable bonds is 4. The molecular weight excluding hydrogens is 262 g/mol. The molecule has 0 aromatic heterocycles. The van der Waals surface area contributed by atoms with Crippen LogP contribution in [0.5, 0.6) is 0 Å². The second-order valence-electron chi connectivity index (χ2n) is 4.04. The Labute approximate surface area is 98.8 Å². The standard InChI is InChI=1S/C10H18BrNO3/c1-10(3-5-15-6-4-10)12-7-8(11)9(13)14-2/h8,12H,3-7H2,1-2H3. The number of ether oxygens (including phenoxy) is 2. The zero-order valence-electron chi connectivity index (χ0n) is 9.22. The number of carbonyl (C=O) groups excluding carboxylic acids is 1. The molecular formula is C10H18BrNO3. The molecule has 0 bridgehead atoms. The molecule has 1 atom stereocenters. The number of carbonyl (C=O) groups is 1. The van der Waals surface area contributed by atoms with Crippen LogP contribution in [0.25, 0.3) is 0 Å². The summed E-state index contributed by atoms with van der Waals surface area (Å²) in [5, 5.41) is 3.39. The third-order valence-corrected chi connectivity index (χ3v) is 3.46. The van der Waals surface area contributed by atoms with E-state index in [0.717, 1.165) is 26.1 Å². The molecule has 0 saturated carbocycles. The lowest BCUT2D eigenvalue weighted by Gasteiger charge is -2.35. The van der Waals surface area contributed by atoms with Gasteiger partial charge in [0.25, 0.3) is 0 Å². The Morgan fingerprint density at radius 1 is 1.60 bits per heavy atom. The third kappa shape index (κ3) is 4.09. The van der Waals surface area contributed by atoms with E-state index in [1.165, 1.54) is 7.11 Å². The van der Waals surface area contributed by atoms with Gasteiger partial charge in [-0.15, -0.1) is 0 Å². The molecule has 1 unspecified atom stereocenters. The van der Waals surface area contributed by atoms with Crippen LogP contribution in [0.3, 0.4) is 0 Å². The van der Waals surface area contributed by atoms with Gasteiger partial charge in [0.1, 0.15) is 4.83 Å². The van der Waals surface area contributed by atoms with E-state index in [1.54, 1.807) is 0 Å². The quantitative estimate of drug-likeness (QED) is 0.618. The van der Waals surface area contributed by atoms with Crippen LogP contribution in [0.15, 0.2) is 0 Å². The van der Waals surface area contributed by atoms with E-state index < -0.39 is 0 Å². The van der Waals surface area contributed by atoms with Crippen molar-refractivity contribution in [3.63, 3.8) is 0 Å². The summed E-state index contributed by atoms with van der Waals surface area (Å²) >= 11 is 3.29. The summed E-state index contributed by atoms with van der Waals surface area (Å²) in [5.74, 6) is -0.238. The van der Waals surface area contributed by atoms with Gasteiger partial charge >= 0.3 is 5.97 Å². The zero-order valence-corrected chi connectivity index (χ0v) is 10.8. The Morgan fingerprint density at radius 2 is 2.20 bits per heavy atom. The van der Waals surface area contributed by atoms with Crippen molar-refractivity contribution in [2.75, 3.05) is 26.9 Å². The highest BCUT2D eigenvalue weighted by molar-refractivity contribution is 9.10. The van der Waals surface area contributed by atoms with Crippen LogP contribution in [0.2, 0.25) is 0 Å². The number of hydrogen-bond donors (Lipinski definition) is 1. The molecule has 0 amide bonds. The second kappa shape index (κ2) is 5.82. The van der Waals surface area contributed by atoms with Gasteiger partial charge in [0.2, 0.25) is 0 Å². The smallest absolute Gasteiger partial charge is 0.320 e. The van der Waals surface area contributed by atoms with Crippen molar-refractivity contribution >= 4 is 21.9 Å². The number of halogens is 1. The summed E-state index contributed by atoms with van der Waals surface area (Å²) in [4.78, 5) is 10.9. The molecule has 0 aromatic rings. The second-order valence-corrected chi connectivity index (χ2v) is 5.15. The van der Waals surface area contributed by atoms with Crippen LogP contribution in [0.4, 0.5) is 0 Å². The summed E-state index contributed by atoms with van der Waals surface area (Å²) in [6.07, 6.45) is 1.96. The Kier molecular flexibility index (Phi) is 5.02. The summed E-state index contributed by atoms with van der Waals surface area (Å²) in [7, 11) is 1.40. The van der Waals surface area contributed by atoms with Crippen LogP contribution < -0.4 is 5.32 Å². The Morgan fingerprint density at radius 3 is 2.73 bits per heavy atom. The fraction of sp³-hybridized carbons (Fsp3) is 0.900. The number of hydrogen-bond acceptors (Lipinski definition) is 4. The average Bonchev–Trinajstić information content (AvgIpc) is 2.26. The summed E-state index contributed by atoms with van der Waals surface area (Å²) < 4.78 is 9.93. The van der Waals surface area contributed by atoms with Gasteiger partial charge in [0.15, 0.2) is 0 Å². The molecule has 0 spiro atoms. The molecule has 1 rings (SSSR count). The first-order valence-corrected chi connectivity index (χ1v) is 6.04. The van der Waals surface area contributed by atoms with Gasteiger partial charge in [0, 0.05) is 25.3 Å². The lowest BCUT2D eigenvalue weighted by molar-refractivity contribution is -0.139. The molecule has 0 radical (unpaired) electrons. The van der Waals surface area contributed by atoms with Crippen LogP contribution in [-0.4, -0.2) is 43.2 Å². The molecule has 1 heterocycles. The first kappa shape index (κ1) is 12.9. The molecule has 5 heteroatoms. The first-order chi connectivity index (χ1) is 7.07. The number of esters is 1. The maximum Gasteiger partial charge on any atom is 0.320 e. The fourth-order valence-electron chi connectivity index (χ4n) is 1.55. The van der Waals surface area contributed by atoms with Crippen molar-refractivity contribution in [1.29, 1.82) is 0 Å². The SMILES string of the molecule is COC(=O)C(Br)CNC1(C)CCOCC1. The summed E-state index contributed by atoms with van der Waals surface area (Å²) in [6, 6.07) is 0. The number of methoxy groups -OCH3 is 1. The maximum atomic E-state index is 11.2. The lowest BCUT2D eigenvalue weighted by Crippen LogP contribution is -2.49. The number of nitrogens with one attached hydrogen (secondary N) is 1. The van der Waals surface area contributed by atoms with Gasteiger partial charge in [-0.3, -0.25) is 4.79 Å². The molecule has 0 aromatic carbocycles. The molecule has 1 N–H and O–H groups in total. The third-order valence-electron chi connectivity index (χ3n) is 2.76. The number of alkyl halides is 1. The predicted molar refractivity (Wildman–Crippen MR) is 61.2 cm³/mol. The van der Waals surface area contributed by atoms with Crippen molar-refractivity contribution in [3.05, 3.63) is 0 Å². The van der Waals surface area contributed by atoms with E-state index in [9.17, 15) is 4.79 Å². The minimum absolute atomic E-state index is 0.0816. The molecule has 0 aliphatic carbocycles. The first-order valence-electron chi connectivity index (χ1n) is 5.12. The Balaban J connectivity index is 2.31. The van der Waals surface area contributed by atoms with E-state index >= 15 is 0 Å². The molecule has 1 aliphatic heterocycles. The minimum Gasteiger partial charge on any atom is -0.468 e. The van der Waals surface area contributed by atoms with E-state index in [4.69, 9.17) is 4.74 Å². The van der Waals surface area contributed by atoms with Gasteiger partial charge in [-0.1, -0.05) is 15.9 Å². The molecule has 4 nitrogen and oxygen atoms in total. The van der Waals surface area contributed by atoms with Crippen LogP contribution in [0.1, 0.15) is 19.8 Å². The fourth-order valence-corrected chi connectivity index (χ4v) is 1.89. The van der Waals surface area contributed by atoms with Gasteiger partial charge in [-0.2, -0.15) is 0 Å². The minimum atomic E-state index is -0.276. The van der Waals surface area contributed by atoms with Gasteiger partial charge in [-0.25, -0.2) is 0 Å². The molecule has 1 fully saturated rings. The monoisotopic (exact) mass is 279 g/mol. The average molecular weight is 280 g/mol. The highest BCUT2D eigenvalue weighted by Crippen LogP contribution is 2.19.